The number of piperazine rings is 1. The molecule has 10 nitrogen and oxygen atoms in total. The number of piperidine rings is 1. The van der Waals surface area contributed by atoms with Crippen molar-refractivity contribution < 1.29 is 22.4 Å². The van der Waals surface area contributed by atoms with Crippen molar-refractivity contribution in [2.75, 3.05) is 18.0 Å². The fraction of sp³-hybridized carbons (Fsp3) is 0.500. The van der Waals surface area contributed by atoms with Crippen LogP contribution in [-0.2, 0) is 14.8 Å². The van der Waals surface area contributed by atoms with Gasteiger partial charge in [-0.2, -0.15) is 4.98 Å². The summed E-state index contributed by atoms with van der Waals surface area (Å²) in [5.74, 6) is 0. The minimum Gasteiger partial charge on any atom is -0.444 e. The van der Waals surface area contributed by atoms with Crippen molar-refractivity contribution >= 4 is 44.6 Å². The molecule has 2 aromatic heterocycles. The van der Waals surface area contributed by atoms with E-state index < -0.39 is 15.6 Å². The van der Waals surface area contributed by atoms with E-state index in [1.54, 1.807) is 11.6 Å². The summed E-state index contributed by atoms with van der Waals surface area (Å²) in [6.45, 7) is 6.70. The molecule has 4 heterocycles. The molecule has 34 heavy (non-hydrogen) atoms. The predicted octanol–water partition coefficient (Wildman–Crippen LogP) is 3.58. The van der Waals surface area contributed by atoms with Crippen LogP contribution in [0.4, 0.5) is 10.8 Å². The molecule has 2 aliphatic heterocycles. The fourth-order valence-electron chi connectivity index (χ4n) is 4.69. The Morgan fingerprint density at radius 1 is 1.24 bits per heavy atom. The van der Waals surface area contributed by atoms with E-state index >= 15 is 0 Å². The highest BCUT2D eigenvalue weighted by Gasteiger charge is 2.43. The van der Waals surface area contributed by atoms with E-state index in [1.165, 1.54) is 23.5 Å². The van der Waals surface area contributed by atoms with E-state index in [1.807, 2.05) is 30.6 Å². The first-order valence-electron chi connectivity index (χ1n) is 11.1. The zero-order valence-electron chi connectivity index (χ0n) is 19.2. The first kappa shape index (κ1) is 23.1. The molecule has 0 saturated carbocycles. The number of nitrogens with zero attached hydrogens (tertiary/aromatic N) is 4. The van der Waals surface area contributed by atoms with Gasteiger partial charge < -0.3 is 14.1 Å². The second-order valence-electron chi connectivity index (χ2n) is 9.73. The zero-order valence-corrected chi connectivity index (χ0v) is 20.9. The number of nitrogens with two attached hydrogens (primary N) is 1. The van der Waals surface area contributed by atoms with Crippen LogP contribution in [0.3, 0.4) is 0 Å². The van der Waals surface area contributed by atoms with Crippen LogP contribution in [0.25, 0.3) is 21.7 Å². The van der Waals surface area contributed by atoms with Crippen LogP contribution in [0.15, 0.2) is 33.0 Å². The maximum atomic E-state index is 12.9. The Balaban J connectivity index is 1.50. The number of thiazole rings is 1. The lowest BCUT2D eigenvalue weighted by atomic mass is 9.92. The van der Waals surface area contributed by atoms with Crippen molar-refractivity contribution in [3.8, 4) is 10.6 Å². The van der Waals surface area contributed by atoms with Gasteiger partial charge in [0.25, 0.3) is 6.01 Å². The van der Waals surface area contributed by atoms with Crippen LogP contribution in [0.5, 0.6) is 0 Å². The predicted molar refractivity (Wildman–Crippen MR) is 128 cm³/mol. The van der Waals surface area contributed by atoms with E-state index in [2.05, 4.69) is 9.97 Å². The van der Waals surface area contributed by atoms with Crippen molar-refractivity contribution in [3.63, 3.8) is 0 Å². The number of carbonyl (C=O) groups excluding carboxylic acids is 1. The Labute approximate surface area is 201 Å². The third-order valence-electron chi connectivity index (χ3n) is 6.04. The van der Waals surface area contributed by atoms with Gasteiger partial charge in [-0.05, 0) is 52.2 Å². The molecule has 2 atom stereocenters. The number of carbonyl (C=O) groups is 1. The number of rotatable bonds is 3. The van der Waals surface area contributed by atoms with Gasteiger partial charge in [-0.1, -0.05) is 0 Å². The number of fused-ring (bicyclic) bond motifs is 3. The molecule has 1 amide bonds. The van der Waals surface area contributed by atoms with Gasteiger partial charge in [0.2, 0.25) is 10.0 Å². The average molecular weight is 506 g/mol. The van der Waals surface area contributed by atoms with E-state index in [0.29, 0.717) is 40.8 Å². The molecule has 2 unspecified atom stereocenters. The third kappa shape index (κ3) is 4.37. The minimum absolute atomic E-state index is 0.0178. The normalized spacial score (nSPS) is 21.2. The van der Waals surface area contributed by atoms with Crippen LogP contribution in [-0.4, -0.2) is 60.2 Å². The van der Waals surface area contributed by atoms with Gasteiger partial charge in [0.15, 0.2) is 5.58 Å². The molecule has 2 aliphatic rings. The van der Waals surface area contributed by atoms with E-state index in [9.17, 15) is 13.2 Å². The van der Waals surface area contributed by atoms with Gasteiger partial charge in [-0.15, -0.1) is 11.3 Å². The summed E-state index contributed by atoms with van der Waals surface area (Å²) in [6.07, 6.45) is 4.13. The third-order valence-corrected chi connectivity index (χ3v) is 7.74. The lowest BCUT2D eigenvalue weighted by molar-refractivity contribution is -0.0102. The number of amides is 1. The molecule has 0 spiro atoms. The van der Waals surface area contributed by atoms with Crippen molar-refractivity contribution in [1.82, 2.24) is 14.9 Å². The maximum absolute atomic E-state index is 12.9. The number of anilines is 1. The van der Waals surface area contributed by atoms with Crippen LogP contribution in [0.2, 0.25) is 0 Å². The molecule has 1 aromatic carbocycles. The summed E-state index contributed by atoms with van der Waals surface area (Å²) >= 11 is 1.37. The molecule has 2 fully saturated rings. The van der Waals surface area contributed by atoms with Crippen molar-refractivity contribution in [2.45, 2.75) is 62.6 Å². The lowest BCUT2D eigenvalue weighted by Crippen LogP contribution is -2.63. The SMILES string of the molecule is CC(C)(C)OC(=O)N1C2CCCC1CN(c1nc3cc(S(N)(=O)=O)cc(-c4nccs4)c3o1)C2. The van der Waals surface area contributed by atoms with Crippen LogP contribution in [0, 0.1) is 0 Å². The number of hydrogen-bond donors (Lipinski definition) is 1. The Morgan fingerprint density at radius 3 is 2.53 bits per heavy atom. The molecule has 12 heteroatoms. The summed E-state index contributed by atoms with van der Waals surface area (Å²) in [5.41, 5.74) is 0.821. The molecule has 182 valence electrons. The Kier molecular flexibility index (Phi) is 5.57. The van der Waals surface area contributed by atoms with E-state index in [4.69, 9.17) is 14.3 Å². The number of oxazole rings is 1. The lowest BCUT2D eigenvalue weighted by Gasteiger charge is -2.49. The zero-order chi connectivity index (χ0) is 24.3. The molecule has 5 rings (SSSR count). The quantitative estimate of drug-likeness (QED) is 0.571. The van der Waals surface area contributed by atoms with E-state index in [0.717, 1.165) is 19.3 Å². The van der Waals surface area contributed by atoms with Gasteiger partial charge in [-0.3, -0.25) is 4.90 Å². The maximum Gasteiger partial charge on any atom is 0.410 e. The highest BCUT2D eigenvalue weighted by molar-refractivity contribution is 7.89. The minimum atomic E-state index is -3.94. The molecule has 0 radical (unpaired) electrons. The molecule has 0 aliphatic carbocycles. The summed E-state index contributed by atoms with van der Waals surface area (Å²) < 4.78 is 36.0. The highest BCUT2D eigenvalue weighted by Crippen LogP contribution is 2.37. The number of primary sulfonamides is 1. The number of hydrogen-bond acceptors (Lipinski definition) is 9. The van der Waals surface area contributed by atoms with Crippen LogP contribution < -0.4 is 10.0 Å². The second-order valence-corrected chi connectivity index (χ2v) is 12.2. The molecule has 3 aromatic rings. The van der Waals surface area contributed by atoms with Crippen molar-refractivity contribution in [2.24, 2.45) is 5.14 Å². The monoisotopic (exact) mass is 505 g/mol. The first-order valence-corrected chi connectivity index (χ1v) is 13.6. The van der Waals surface area contributed by atoms with Gasteiger partial charge >= 0.3 is 6.09 Å². The van der Waals surface area contributed by atoms with Gasteiger partial charge in [0.1, 0.15) is 16.1 Å². The van der Waals surface area contributed by atoms with Crippen molar-refractivity contribution in [1.29, 1.82) is 0 Å². The van der Waals surface area contributed by atoms with Crippen LogP contribution >= 0.6 is 11.3 Å². The highest BCUT2D eigenvalue weighted by atomic mass is 32.2. The number of benzene rings is 1. The summed E-state index contributed by atoms with van der Waals surface area (Å²) in [4.78, 5) is 25.7. The number of sulfonamides is 1. The Hall–Kier alpha value is -2.70. The smallest absolute Gasteiger partial charge is 0.410 e. The second kappa shape index (κ2) is 8.21. The fourth-order valence-corrected chi connectivity index (χ4v) is 5.90. The van der Waals surface area contributed by atoms with Gasteiger partial charge in [0, 0.05) is 24.7 Å². The standard InChI is InChI=1S/C22H27N5O5S2/c1-22(2,3)32-21(28)27-13-5-4-6-14(27)12-26(11-13)20-25-17-10-15(34(23,29)30)9-16(18(17)31-20)19-24-7-8-33-19/h7-10,13-14H,4-6,11-12H2,1-3H3,(H2,23,29,30). The topological polar surface area (TPSA) is 132 Å². The number of ether oxygens (including phenoxy) is 1. The van der Waals surface area contributed by atoms with Crippen molar-refractivity contribution in [3.05, 3.63) is 23.7 Å². The van der Waals surface area contributed by atoms with E-state index in [-0.39, 0.29) is 23.1 Å². The average Bonchev–Trinajstić information content (AvgIpc) is 3.40. The summed E-state index contributed by atoms with van der Waals surface area (Å²) in [7, 11) is -3.94. The largest absolute Gasteiger partial charge is 0.444 e. The summed E-state index contributed by atoms with van der Waals surface area (Å²) in [6, 6.07) is 3.25. The van der Waals surface area contributed by atoms with Gasteiger partial charge in [0.05, 0.1) is 22.5 Å². The molecule has 2 saturated heterocycles. The van der Waals surface area contributed by atoms with Crippen LogP contribution in [0.1, 0.15) is 40.0 Å². The molecule has 2 N–H and O–H groups in total. The summed E-state index contributed by atoms with van der Waals surface area (Å²) in [5, 5.41) is 7.83. The molecular formula is C22H27N5O5S2. The molecular weight excluding hydrogens is 478 g/mol. The number of aromatic nitrogens is 2. The Morgan fingerprint density at radius 2 is 1.94 bits per heavy atom. The van der Waals surface area contributed by atoms with Gasteiger partial charge in [-0.25, -0.2) is 23.3 Å². The first-order chi connectivity index (χ1) is 16.0. The molecule has 2 bridgehead atoms. The Bertz CT molecular complexity index is 1320.